The Hall–Kier alpha value is -1.42. The van der Waals surface area contributed by atoms with Gasteiger partial charge < -0.3 is 20.4 Å². The third kappa shape index (κ3) is 2.26. The molecule has 1 aromatic carbocycles. The SMILES string of the molecule is OCCCc1cc(O)c(O)c(O)c1. The first-order chi connectivity index (χ1) is 6.15. The van der Waals surface area contributed by atoms with E-state index in [1.165, 1.54) is 12.1 Å². The van der Waals surface area contributed by atoms with Crippen LogP contribution in [-0.2, 0) is 6.42 Å². The lowest BCUT2D eigenvalue weighted by molar-refractivity contribution is 0.288. The molecule has 0 unspecified atom stereocenters. The molecular weight excluding hydrogens is 172 g/mol. The topological polar surface area (TPSA) is 80.9 Å². The molecular formula is C9H12O4. The van der Waals surface area contributed by atoms with E-state index in [-0.39, 0.29) is 18.1 Å². The van der Waals surface area contributed by atoms with Crippen molar-refractivity contribution in [2.75, 3.05) is 6.61 Å². The molecule has 0 aliphatic heterocycles. The second kappa shape index (κ2) is 4.00. The lowest BCUT2D eigenvalue weighted by atomic mass is 10.1. The Morgan fingerprint density at radius 2 is 1.54 bits per heavy atom. The minimum absolute atomic E-state index is 0.0579. The number of aliphatic hydroxyl groups is 1. The summed E-state index contributed by atoms with van der Waals surface area (Å²) < 4.78 is 0. The highest BCUT2D eigenvalue weighted by Gasteiger charge is 2.07. The van der Waals surface area contributed by atoms with Gasteiger partial charge in [0.25, 0.3) is 0 Å². The van der Waals surface area contributed by atoms with E-state index in [9.17, 15) is 0 Å². The van der Waals surface area contributed by atoms with Crippen LogP contribution in [0.15, 0.2) is 12.1 Å². The van der Waals surface area contributed by atoms with Gasteiger partial charge in [0, 0.05) is 6.61 Å². The molecule has 0 saturated heterocycles. The molecule has 13 heavy (non-hydrogen) atoms. The largest absolute Gasteiger partial charge is 0.504 e. The second-order valence-electron chi connectivity index (χ2n) is 2.81. The summed E-state index contributed by atoms with van der Waals surface area (Å²) in [5.41, 5.74) is 0.682. The second-order valence-corrected chi connectivity index (χ2v) is 2.81. The minimum Gasteiger partial charge on any atom is -0.504 e. The summed E-state index contributed by atoms with van der Waals surface area (Å²) in [5, 5.41) is 35.8. The van der Waals surface area contributed by atoms with Gasteiger partial charge >= 0.3 is 0 Å². The quantitative estimate of drug-likeness (QED) is 0.522. The number of phenolic OH excluding ortho intramolecular Hbond substituents is 3. The van der Waals surface area contributed by atoms with E-state index in [4.69, 9.17) is 20.4 Å². The summed E-state index contributed by atoms with van der Waals surface area (Å²) in [6.07, 6.45) is 1.11. The average Bonchev–Trinajstić information content (AvgIpc) is 2.10. The van der Waals surface area contributed by atoms with Gasteiger partial charge in [0.05, 0.1) is 0 Å². The van der Waals surface area contributed by atoms with Crippen LogP contribution in [0.5, 0.6) is 17.2 Å². The molecule has 0 bridgehead atoms. The van der Waals surface area contributed by atoms with Gasteiger partial charge in [0.1, 0.15) is 0 Å². The maximum Gasteiger partial charge on any atom is 0.200 e. The van der Waals surface area contributed by atoms with Gasteiger partial charge in [0.15, 0.2) is 17.2 Å². The van der Waals surface area contributed by atoms with Gasteiger partial charge in [-0.3, -0.25) is 0 Å². The van der Waals surface area contributed by atoms with E-state index in [0.29, 0.717) is 18.4 Å². The third-order valence-corrected chi connectivity index (χ3v) is 1.75. The standard InChI is InChI=1S/C9H12O4/c10-3-1-2-6-4-7(11)9(13)8(12)5-6/h4-5,10-13H,1-3H2. The molecule has 0 saturated carbocycles. The van der Waals surface area contributed by atoms with Crippen LogP contribution in [0.4, 0.5) is 0 Å². The number of hydrogen-bond acceptors (Lipinski definition) is 4. The van der Waals surface area contributed by atoms with Crippen LogP contribution in [0, 0.1) is 0 Å². The number of aromatic hydroxyl groups is 3. The first-order valence-corrected chi connectivity index (χ1v) is 4.00. The van der Waals surface area contributed by atoms with E-state index >= 15 is 0 Å². The molecule has 0 aliphatic rings. The number of benzene rings is 1. The molecule has 0 atom stereocenters. The lowest BCUT2D eigenvalue weighted by Gasteiger charge is -2.04. The van der Waals surface area contributed by atoms with Gasteiger partial charge in [-0.1, -0.05) is 0 Å². The average molecular weight is 184 g/mol. The molecule has 0 spiro atoms. The van der Waals surface area contributed by atoms with E-state index in [0.717, 1.165) is 0 Å². The van der Waals surface area contributed by atoms with Crippen molar-refractivity contribution in [2.45, 2.75) is 12.8 Å². The molecule has 4 heteroatoms. The molecule has 0 fully saturated rings. The molecule has 72 valence electrons. The van der Waals surface area contributed by atoms with Crippen LogP contribution in [0.3, 0.4) is 0 Å². The normalized spacial score (nSPS) is 10.2. The fourth-order valence-electron chi connectivity index (χ4n) is 1.09. The zero-order valence-electron chi connectivity index (χ0n) is 7.06. The van der Waals surface area contributed by atoms with Crippen molar-refractivity contribution in [3.05, 3.63) is 17.7 Å². The van der Waals surface area contributed by atoms with Crippen molar-refractivity contribution in [1.29, 1.82) is 0 Å². The third-order valence-electron chi connectivity index (χ3n) is 1.75. The Labute approximate surface area is 75.7 Å². The van der Waals surface area contributed by atoms with Crippen molar-refractivity contribution in [1.82, 2.24) is 0 Å². The van der Waals surface area contributed by atoms with E-state index in [1.54, 1.807) is 0 Å². The van der Waals surface area contributed by atoms with Crippen molar-refractivity contribution in [2.24, 2.45) is 0 Å². The number of hydrogen-bond donors (Lipinski definition) is 4. The van der Waals surface area contributed by atoms with Crippen LogP contribution < -0.4 is 0 Å². The lowest BCUT2D eigenvalue weighted by Crippen LogP contribution is -1.89. The molecule has 0 aliphatic carbocycles. The Balaban J connectivity index is 2.86. The zero-order valence-corrected chi connectivity index (χ0v) is 7.06. The maximum absolute atomic E-state index is 9.11. The van der Waals surface area contributed by atoms with Crippen LogP contribution in [-0.4, -0.2) is 27.0 Å². The summed E-state index contributed by atoms with van der Waals surface area (Å²) in [5.74, 6) is -1.19. The van der Waals surface area contributed by atoms with Crippen molar-refractivity contribution < 1.29 is 20.4 Å². The monoisotopic (exact) mass is 184 g/mol. The van der Waals surface area contributed by atoms with Crippen LogP contribution in [0.1, 0.15) is 12.0 Å². The zero-order chi connectivity index (χ0) is 9.84. The van der Waals surface area contributed by atoms with Gasteiger partial charge in [-0.2, -0.15) is 0 Å². The predicted octanol–water partition coefficient (Wildman–Crippen LogP) is 0.728. The highest BCUT2D eigenvalue weighted by atomic mass is 16.3. The fourth-order valence-corrected chi connectivity index (χ4v) is 1.09. The summed E-state index contributed by atoms with van der Waals surface area (Å²) in [6.45, 7) is 0.0579. The summed E-state index contributed by atoms with van der Waals surface area (Å²) in [6, 6.07) is 2.73. The van der Waals surface area contributed by atoms with Gasteiger partial charge in [-0.15, -0.1) is 0 Å². The Kier molecular flexibility index (Phi) is 2.97. The van der Waals surface area contributed by atoms with Crippen LogP contribution in [0.25, 0.3) is 0 Å². The molecule has 4 nitrogen and oxygen atoms in total. The Bertz CT molecular complexity index is 273. The summed E-state index contributed by atoms with van der Waals surface area (Å²) in [4.78, 5) is 0. The number of phenols is 3. The number of rotatable bonds is 3. The predicted molar refractivity (Wildman–Crippen MR) is 46.8 cm³/mol. The Morgan fingerprint density at radius 3 is 2.00 bits per heavy atom. The molecule has 0 aromatic heterocycles. The van der Waals surface area contributed by atoms with Crippen molar-refractivity contribution in [3.8, 4) is 17.2 Å². The maximum atomic E-state index is 9.11. The molecule has 1 rings (SSSR count). The first-order valence-electron chi connectivity index (χ1n) is 4.00. The Morgan fingerprint density at radius 1 is 1.00 bits per heavy atom. The molecule has 0 heterocycles. The van der Waals surface area contributed by atoms with Gasteiger partial charge in [-0.25, -0.2) is 0 Å². The smallest absolute Gasteiger partial charge is 0.200 e. The number of aliphatic hydroxyl groups excluding tert-OH is 1. The van der Waals surface area contributed by atoms with Crippen molar-refractivity contribution in [3.63, 3.8) is 0 Å². The highest BCUT2D eigenvalue weighted by Crippen LogP contribution is 2.35. The van der Waals surface area contributed by atoms with Gasteiger partial charge in [0.2, 0.25) is 0 Å². The summed E-state index contributed by atoms with van der Waals surface area (Å²) in [7, 11) is 0. The molecule has 4 N–H and O–H groups in total. The van der Waals surface area contributed by atoms with E-state index < -0.39 is 5.75 Å². The van der Waals surface area contributed by atoms with Crippen molar-refractivity contribution >= 4 is 0 Å². The van der Waals surface area contributed by atoms with Crippen LogP contribution in [0.2, 0.25) is 0 Å². The van der Waals surface area contributed by atoms with Crippen LogP contribution >= 0.6 is 0 Å². The number of aryl methyl sites for hydroxylation is 1. The van der Waals surface area contributed by atoms with E-state index in [2.05, 4.69) is 0 Å². The van der Waals surface area contributed by atoms with Gasteiger partial charge in [-0.05, 0) is 30.5 Å². The highest BCUT2D eigenvalue weighted by molar-refractivity contribution is 5.51. The molecule has 0 amide bonds. The minimum atomic E-state index is -0.507. The summed E-state index contributed by atoms with van der Waals surface area (Å²) >= 11 is 0. The molecule has 0 radical (unpaired) electrons. The first kappa shape index (κ1) is 9.67. The molecule has 1 aromatic rings. The van der Waals surface area contributed by atoms with E-state index in [1.807, 2.05) is 0 Å². The fraction of sp³-hybridized carbons (Fsp3) is 0.333.